The predicted octanol–water partition coefficient (Wildman–Crippen LogP) is 0.895. The average Bonchev–Trinajstić information content (AvgIpc) is 2.85. The van der Waals surface area contributed by atoms with Gasteiger partial charge in [0.25, 0.3) is 0 Å². The maximum Gasteiger partial charge on any atom is 0.168 e. The maximum atomic E-state index is 10.4. The van der Waals surface area contributed by atoms with E-state index in [1.54, 1.807) is 41.3 Å². The standard InChI is InChI=1S/C9H7N3O.CH2O/c13-7-8-3-1-4-9(11-8)12-6-2-5-10-12;1-2/h1-7H;1H2. The van der Waals surface area contributed by atoms with Crippen LogP contribution in [0.2, 0.25) is 0 Å². The van der Waals surface area contributed by atoms with Gasteiger partial charge < -0.3 is 4.79 Å². The first-order chi connectivity index (χ1) is 7.40. The van der Waals surface area contributed by atoms with Crippen LogP contribution in [0.5, 0.6) is 0 Å². The van der Waals surface area contributed by atoms with Gasteiger partial charge in [0, 0.05) is 12.4 Å². The van der Waals surface area contributed by atoms with Crippen LogP contribution >= 0.6 is 0 Å². The molecule has 0 fully saturated rings. The minimum absolute atomic E-state index is 0.410. The molecular formula is C10H9N3O2. The van der Waals surface area contributed by atoms with Crippen molar-refractivity contribution in [2.45, 2.75) is 0 Å². The third kappa shape index (κ3) is 2.57. The van der Waals surface area contributed by atoms with Gasteiger partial charge in [-0.3, -0.25) is 4.79 Å². The molecule has 15 heavy (non-hydrogen) atoms. The number of hydrogen-bond acceptors (Lipinski definition) is 4. The van der Waals surface area contributed by atoms with Crippen LogP contribution in [0.25, 0.3) is 5.82 Å². The van der Waals surface area contributed by atoms with E-state index in [1.165, 1.54) is 0 Å². The highest BCUT2D eigenvalue weighted by molar-refractivity contribution is 5.71. The number of pyridine rings is 1. The summed E-state index contributed by atoms with van der Waals surface area (Å²) in [5.41, 5.74) is 0.410. The first-order valence-electron chi connectivity index (χ1n) is 4.11. The monoisotopic (exact) mass is 203 g/mol. The van der Waals surface area contributed by atoms with Crippen molar-refractivity contribution in [2.24, 2.45) is 0 Å². The fraction of sp³-hybridized carbons (Fsp3) is 0. The van der Waals surface area contributed by atoms with E-state index in [1.807, 2.05) is 6.79 Å². The van der Waals surface area contributed by atoms with Crippen LogP contribution in [0.15, 0.2) is 36.7 Å². The lowest BCUT2D eigenvalue weighted by Gasteiger charge is -1.99. The van der Waals surface area contributed by atoms with Crippen molar-refractivity contribution >= 4 is 13.1 Å². The molecule has 2 rings (SSSR count). The Kier molecular flexibility index (Phi) is 3.91. The summed E-state index contributed by atoms with van der Waals surface area (Å²) >= 11 is 0. The summed E-state index contributed by atoms with van der Waals surface area (Å²) in [7, 11) is 0. The molecule has 0 amide bonds. The van der Waals surface area contributed by atoms with E-state index in [4.69, 9.17) is 4.79 Å². The van der Waals surface area contributed by atoms with Crippen molar-refractivity contribution in [1.82, 2.24) is 14.8 Å². The van der Waals surface area contributed by atoms with Gasteiger partial charge in [-0.05, 0) is 18.2 Å². The summed E-state index contributed by atoms with van der Waals surface area (Å²) in [6.45, 7) is 2.00. The third-order valence-corrected chi connectivity index (χ3v) is 1.62. The molecule has 2 heterocycles. The maximum absolute atomic E-state index is 10.4. The predicted molar refractivity (Wildman–Crippen MR) is 53.9 cm³/mol. The van der Waals surface area contributed by atoms with Crippen molar-refractivity contribution in [3.05, 3.63) is 42.4 Å². The Hall–Kier alpha value is -2.30. The summed E-state index contributed by atoms with van der Waals surface area (Å²) < 4.78 is 1.60. The smallest absolute Gasteiger partial charge is 0.168 e. The van der Waals surface area contributed by atoms with Gasteiger partial charge in [-0.15, -0.1) is 0 Å². The number of rotatable bonds is 2. The summed E-state index contributed by atoms with van der Waals surface area (Å²) in [6.07, 6.45) is 4.15. The topological polar surface area (TPSA) is 64.8 Å². The molecule has 0 atom stereocenters. The number of hydrogen-bond donors (Lipinski definition) is 0. The highest BCUT2D eigenvalue weighted by atomic mass is 16.1. The number of aldehydes is 1. The highest BCUT2D eigenvalue weighted by Crippen LogP contribution is 2.02. The first kappa shape index (κ1) is 10.8. The van der Waals surface area contributed by atoms with Gasteiger partial charge in [-0.25, -0.2) is 9.67 Å². The molecule has 0 spiro atoms. The Morgan fingerprint density at radius 1 is 1.27 bits per heavy atom. The third-order valence-electron chi connectivity index (χ3n) is 1.62. The zero-order valence-electron chi connectivity index (χ0n) is 7.91. The Morgan fingerprint density at radius 3 is 2.67 bits per heavy atom. The molecule has 5 heteroatoms. The molecule has 0 bridgehead atoms. The molecule has 2 aromatic rings. The van der Waals surface area contributed by atoms with Gasteiger partial charge in [0.2, 0.25) is 0 Å². The number of aromatic nitrogens is 3. The van der Waals surface area contributed by atoms with Gasteiger partial charge in [-0.2, -0.15) is 5.10 Å². The quantitative estimate of drug-likeness (QED) is 0.680. The van der Waals surface area contributed by atoms with Crippen LogP contribution in [0.3, 0.4) is 0 Å². The van der Waals surface area contributed by atoms with E-state index >= 15 is 0 Å². The SMILES string of the molecule is C=O.O=Cc1cccc(-n2cccn2)n1. The lowest BCUT2D eigenvalue weighted by molar-refractivity contribution is -0.0979. The van der Waals surface area contributed by atoms with E-state index in [9.17, 15) is 4.79 Å². The van der Waals surface area contributed by atoms with E-state index in [0.717, 1.165) is 0 Å². The molecule has 0 saturated heterocycles. The zero-order chi connectivity index (χ0) is 11.1. The van der Waals surface area contributed by atoms with Crippen molar-refractivity contribution in [2.75, 3.05) is 0 Å². The van der Waals surface area contributed by atoms with Gasteiger partial charge in [0.05, 0.1) is 0 Å². The Balaban J connectivity index is 0.000000531. The normalized spacial score (nSPS) is 8.80. The van der Waals surface area contributed by atoms with Gasteiger partial charge in [-0.1, -0.05) is 6.07 Å². The van der Waals surface area contributed by atoms with Crippen LogP contribution in [-0.2, 0) is 4.79 Å². The minimum atomic E-state index is 0.410. The van der Waals surface area contributed by atoms with Crippen LogP contribution in [0, 0.1) is 0 Å². The van der Waals surface area contributed by atoms with Gasteiger partial charge in [0.15, 0.2) is 12.1 Å². The second kappa shape index (κ2) is 5.43. The summed E-state index contributed by atoms with van der Waals surface area (Å²) in [5.74, 6) is 0.648. The summed E-state index contributed by atoms with van der Waals surface area (Å²) in [6, 6.07) is 7.02. The second-order valence-corrected chi connectivity index (χ2v) is 2.49. The Morgan fingerprint density at radius 2 is 2.07 bits per heavy atom. The lowest BCUT2D eigenvalue weighted by atomic mass is 10.4. The molecular weight excluding hydrogens is 194 g/mol. The molecule has 0 aliphatic carbocycles. The molecule has 0 N–H and O–H groups in total. The molecule has 2 aromatic heterocycles. The molecule has 76 valence electrons. The largest absolute Gasteiger partial charge is 0.307 e. The molecule has 0 radical (unpaired) electrons. The van der Waals surface area contributed by atoms with Gasteiger partial charge >= 0.3 is 0 Å². The van der Waals surface area contributed by atoms with Crippen LogP contribution < -0.4 is 0 Å². The van der Waals surface area contributed by atoms with Crippen LogP contribution in [-0.4, -0.2) is 27.8 Å². The number of nitrogens with zero attached hydrogens (tertiary/aromatic N) is 3. The average molecular weight is 203 g/mol. The first-order valence-corrected chi connectivity index (χ1v) is 4.11. The zero-order valence-corrected chi connectivity index (χ0v) is 7.91. The lowest BCUT2D eigenvalue weighted by Crippen LogP contribution is -1.99. The fourth-order valence-corrected chi connectivity index (χ4v) is 1.04. The van der Waals surface area contributed by atoms with Crippen molar-refractivity contribution in [1.29, 1.82) is 0 Å². The Labute approximate surface area is 86.4 Å². The summed E-state index contributed by atoms with van der Waals surface area (Å²) in [5, 5.41) is 4.00. The van der Waals surface area contributed by atoms with Crippen LogP contribution in [0.4, 0.5) is 0 Å². The van der Waals surface area contributed by atoms with Crippen molar-refractivity contribution in [3.63, 3.8) is 0 Å². The van der Waals surface area contributed by atoms with Crippen molar-refractivity contribution < 1.29 is 9.59 Å². The Bertz CT molecular complexity index is 426. The van der Waals surface area contributed by atoms with E-state index < -0.39 is 0 Å². The van der Waals surface area contributed by atoms with E-state index in [0.29, 0.717) is 17.8 Å². The molecule has 0 saturated carbocycles. The summed E-state index contributed by atoms with van der Waals surface area (Å²) in [4.78, 5) is 22.5. The fourth-order valence-electron chi connectivity index (χ4n) is 1.04. The molecule has 0 unspecified atom stereocenters. The van der Waals surface area contributed by atoms with Crippen molar-refractivity contribution in [3.8, 4) is 5.82 Å². The molecule has 0 aromatic carbocycles. The molecule has 0 aliphatic heterocycles. The van der Waals surface area contributed by atoms with Crippen LogP contribution in [0.1, 0.15) is 10.5 Å². The second-order valence-electron chi connectivity index (χ2n) is 2.49. The number of carbonyl (C=O) groups excluding carboxylic acids is 2. The molecule has 5 nitrogen and oxygen atoms in total. The number of carbonyl (C=O) groups is 2. The van der Waals surface area contributed by atoms with E-state index in [-0.39, 0.29) is 0 Å². The minimum Gasteiger partial charge on any atom is -0.307 e. The molecule has 0 aliphatic rings. The highest BCUT2D eigenvalue weighted by Gasteiger charge is 1.97. The van der Waals surface area contributed by atoms with E-state index in [2.05, 4.69) is 10.1 Å². The van der Waals surface area contributed by atoms with Gasteiger partial charge in [0.1, 0.15) is 12.5 Å².